The Balaban J connectivity index is 2.38. The number of morpholine rings is 1. The zero-order chi connectivity index (χ0) is 13.3. The van der Waals surface area contributed by atoms with Crippen LogP contribution in [-0.2, 0) is 4.74 Å². The van der Waals surface area contributed by atoms with Gasteiger partial charge in [0.25, 0.3) is 0 Å². The molecule has 0 bridgehead atoms. The summed E-state index contributed by atoms with van der Waals surface area (Å²) in [5, 5.41) is 7.73. The van der Waals surface area contributed by atoms with Crippen molar-refractivity contribution in [3.05, 3.63) is 28.2 Å². The van der Waals surface area contributed by atoms with Crippen molar-refractivity contribution < 1.29 is 4.74 Å². The van der Waals surface area contributed by atoms with Crippen molar-refractivity contribution in [2.45, 2.75) is 26.1 Å². The van der Waals surface area contributed by atoms with Gasteiger partial charge in [0.05, 0.1) is 17.8 Å². The molecule has 0 saturated carbocycles. The van der Waals surface area contributed by atoms with Crippen LogP contribution < -0.4 is 10.6 Å². The van der Waals surface area contributed by atoms with E-state index in [4.69, 9.17) is 15.9 Å². The molecule has 18 heavy (non-hydrogen) atoms. The number of ether oxygens (including phenoxy) is 1. The number of hydrogen-bond acceptors (Lipinski definition) is 3. The van der Waals surface area contributed by atoms with Crippen molar-refractivity contribution in [3.8, 4) is 0 Å². The van der Waals surface area contributed by atoms with Crippen molar-refractivity contribution in [2.24, 2.45) is 5.73 Å². The van der Waals surface area contributed by atoms with E-state index in [1.807, 2.05) is 18.2 Å². The molecule has 1 aliphatic rings. The largest absolute Gasteiger partial charge is 0.384 e. The van der Waals surface area contributed by atoms with E-state index in [0.29, 0.717) is 0 Å². The van der Waals surface area contributed by atoms with Gasteiger partial charge in [0.1, 0.15) is 5.84 Å². The van der Waals surface area contributed by atoms with Crippen LogP contribution in [0.3, 0.4) is 0 Å². The molecule has 1 aromatic carbocycles. The third-order valence-corrected chi connectivity index (χ3v) is 3.68. The number of benzene rings is 1. The van der Waals surface area contributed by atoms with Gasteiger partial charge in [-0.2, -0.15) is 0 Å². The van der Waals surface area contributed by atoms with Gasteiger partial charge in [0, 0.05) is 23.2 Å². The van der Waals surface area contributed by atoms with Crippen molar-refractivity contribution in [2.75, 3.05) is 18.0 Å². The summed E-state index contributed by atoms with van der Waals surface area (Å²) in [5.41, 5.74) is 7.45. The van der Waals surface area contributed by atoms with Crippen molar-refractivity contribution >= 4 is 27.5 Å². The number of rotatable bonds is 2. The van der Waals surface area contributed by atoms with Crippen LogP contribution in [0.5, 0.6) is 0 Å². The molecule has 4 nitrogen and oxygen atoms in total. The fourth-order valence-corrected chi connectivity index (χ4v) is 2.99. The van der Waals surface area contributed by atoms with Gasteiger partial charge in [0.15, 0.2) is 0 Å². The molecule has 1 aliphatic heterocycles. The van der Waals surface area contributed by atoms with E-state index >= 15 is 0 Å². The number of nitrogens with zero attached hydrogens (tertiary/aromatic N) is 1. The van der Waals surface area contributed by atoms with Crippen LogP contribution in [0.4, 0.5) is 5.69 Å². The van der Waals surface area contributed by atoms with Gasteiger partial charge in [-0.05, 0) is 41.9 Å². The minimum atomic E-state index is 0.0873. The van der Waals surface area contributed by atoms with E-state index < -0.39 is 0 Å². The van der Waals surface area contributed by atoms with Crippen LogP contribution in [0.2, 0.25) is 0 Å². The molecule has 0 amide bonds. The molecule has 2 rings (SSSR count). The average molecular weight is 312 g/mol. The van der Waals surface area contributed by atoms with Gasteiger partial charge in [-0.25, -0.2) is 0 Å². The lowest BCUT2D eigenvalue weighted by molar-refractivity contribution is -0.00522. The van der Waals surface area contributed by atoms with Gasteiger partial charge in [-0.3, -0.25) is 5.41 Å². The number of nitrogen functional groups attached to an aromatic ring is 1. The van der Waals surface area contributed by atoms with E-state index in [2.05, 4.69) is 34.7 Å². The number of nitrogens with two attached hydrogens (primary N) is 1. The van der Waals surface area contributed by atoms with Gasteiger partial charge >= 0.3 is 0 Å². The Hall–Kier alpha value is -1.07. The first kappa shape index (κ1) is 13.4. The Kier molecular flexibility index (Phi) is 3.92. The Morgan fingerprint density at radius 3 is 2.56 bits per heavy atom. The van der Waals surface area contributed by atoms with Crippen LogP contribution >= 0.6 is 15.9 Å². The van der Waals surface area contributed by atoms with Gasteiger partial charge < -0.3 is 15.4 Å². The van der Waals surface area contributed by atoms with Gasteiger partial charge in [0.2, 0.25) is 0 Å². The first-order valence-corrected chi connectivity index (χ1v) is 6.81. The summed E-state index contributed by atoms with van der Waals surface area (Å²) < 4.78 is 6.59. The normalized spacial score (nSPS) is 24.1. The van der Waals surface area contributed by atoms with E-state index in [1.165, 1.54) is 0 Å². The summed E-state index contributed by atoms with van der Waals surface area (Å²) in [6.07, 6.45) is 0.375. The Morgan fingerprint density at radius 1 is 1.39 bits per heavy atom. The third kappa shape index (κ3) is 2.67. The zero-order valence-corrected chi connectivity index (χ0v) is 12.2. The minimum absolute atomic E-state index is 0.0873. The van der Waals surface area contributed by atoms with E-state index in [-0.39, 0.29) is 18.0 Å². The quantitative estimate of drug-likeness (QED) is 0.651. The zero-order valence-electron chi connectivity index (χ0n) is 10.6. The second kappa shape index (κ2) is 5.28. The second-order valence-electron chi connectivity index (χ2n) is 4.71. The fraction of sp³-hybridized carbons (Fsp3) is 0.462. The third-order valence-electron chi connectivity index (χ3n) is 3.02. The van der Waals surface area contributed by atoms with Crippen LogP contribution in [0.1, 0.15) is 19.4 Å². The van der Waals surface area contributed by atoms with Gasteiger partial charge in [-0.15, -0.1) is 0 Å². The van der Waals surface area contributed by atoms with Crippen LogP contribution in [0, 0.1) is 5.41 Å². The molecule has 98 valence electrons. The first-order chi connectivity index (χ1) is 8.49. The smallest absolute Gasteiger partial charge is 0.126 e. The number of amidine groups is 1. The minimum Gasteiger partial charge on any atom is -0.384 e. The lowest BCUT2D eigenvalue weighted by atomic mass is 10.1. The number of hydrogen-bond donors (Lipinski definition) is 2. The van der Waals surface area contributed by atoms with Crippen molar-refractivity contribution in [1.29, 1.82) is 5.41 Å². The molecule has 2 unspecified atom stereocenters. The molecule has 1 fully saturated rings. The predicted octanol–water partition coefficient (Wildman–Crippen LogP) is 2.35. The van der Waals surface area contributed by atoms with Crippen LogP contribution in [-0.4, -0.2) is 31.1 Å². The molecule has 2 atom stereocenters. The molecule has 0 radical (unpaired) electrons. The molecule has 1 aromatic rings. The van der Waals surface area contributed by atoms with E-state index in [9.17, 15) is 0 Å². The summed E-state index contributed by atoms with van der Waals surface area (Å²) >= 11 is 3.47. The van der Waals surface area contributed by atoms with E-state index in [1.54, 1.807) is 0 Å². The Labute approximate surface area is 116 Å². The maximum absolute atomic E-state index is 7.73. The highest BCUT2D eigenvalue weighted by molar-refractivity contribution is 9.10. The SMILES string of the molecule is CC1CN(c2cccc(Br)c2C(=N)N)CC(C)O1. The Bertz CT molecular complexity index is 454. The molecular weight excluding hydrogens is 294 g/mol. The topological polar surface area (TPSA) is 62.3 Å². The molecule has 1 heterocycles. The number of anilines is 1. The number of halogens is 1. The fourth-order valence-electron chi connectivity index (χ4n) is 2.42. The molecule has 5 heteroatoms. The van der Waals surface area contributed by atoms with Crippen LogP contribution in [0.25, 0.3) is 0 Å². The highest BCUT2D eigenvalue weighted by Crippen LogP contribution is 2.29. The predicted molar refractivity (Wildman–Crippen MR) is 77.4 cm³/mol. The highest BCUT2D eigenvalue weighted by Gasteiger charge is 2.25. The summed E-state index contributed by atoms with van der Waals surface area (Å²) in [6.45, 7) is 5.77. The monoisotopic (exact) mass is 311 g/mol. The maximum Gasteiger partial charge on any atom is 0.126 e. The van der Waals surface area contributed by atoms with E-state index in [0.717, 1.165) is 28.8 Å². The highest BCUT2D eigenvalue weighted by atomic mass is 79.9. The standard InChI is InChI=1S/C13H18BrN3O/c1-8-6-17(7-9(2)18-8)11-5-3-4-10(14)12(11)13(15)16/h3-5,8-9H,6-7H2,1-2H3,(H3,15,16). The van der Waals surface area contributed by atoms with Crippen LogP contribution in [0.15, 0.2) is 22.7 Å². The summed E-state index contributed by atoms with van der Waals surface area (Å²) in [7, 11) is 0. The molecule has 0 spiro atoms. The summed E-state index contributed by atoms with van der Waals surface area (Å²) in [5.74, 6) is 0.0873. The molecule has 1 saturated heterocycles. The maximum atomic E-state index is 7.73. The average Bonchev–Trinajstić information content (AvgIpc) is 2.26. The summed E-state index contributed by atoms with van der Waals surface area (Å²) in [4.78, 5) is 2.24. The van der Waals surface area contributed by atoms with Crippen molar-refractivity contribution in [1.82, 2.24) is 0 Å². The lowest BCUT2D eigenvalue weighted by Crippen LogP contribution is -2.46. The van der Waals surface area contributed by atoms with Crippen molar-refractivity contribution in [3.63, 3.8) is 0 Å². The molecular formula is C13H18BrN3O. The summed E-state index contributed by atoms with van der Waals surface area (Å²) in [6, 6.07) is 5.89. The molecule has 3 N–H and O–H groups in total. The molecule has 0 aromatic heterocycles. The lowest BCUT2D eigenvalue weighted by Gasteiger charge is -2.37. The number of nitrogens with one attached hydrogen (secondary N) is 1. The van der Waals surface area contributed by atoms with Gasteiger partial charge in [-0.1, -0.05) is 6.07 Å². The first-order valence-electron chi connectivity index (χ1n) is 6.02. The second-order valence-corrected chi connectivity index (χ2v) is 5.56. The molecule has 0 aliphatic carbocycles. The Morgan fingerprint density at radius 2 is 2.00 bits per heavy atom.